The van der Waals surface area contributed by atoms with Crippen LogP contribution in [0, 0.1) is 5.82 Å². The highest BCUT2D eigenvalue weighted by molar-refractivity contribution is 5.80. The maximum atomic E-state index is 13.1. The minimum absolute atomic E-state index is 0.262. The average molecular weight is 371 g/mol. The predicted molar refractivity (Wildman–Crippen MR) is 113 cm³/mol. The monoisotopic (exact) mass is 371 g/mol. The lowest BCUT2D eigenvalue weighted by Crippen LogP contribution is -2.27. The van der Waals surface area contributed by atoms with Gasteiger partial charge in [0.25, 0.3) is 0 Å². The van der Waals surface area contributed by atoms with Crippen molar-refractivity contribution in [2.24, 2.45) is 0 Å². The van der Waals surface area contributed by atoms with E-state index in [2.05, 4.69) is 30.4 Å². The molecule has 140 valence electrons. The van der Waals surface area contributed by atoms with Crippen LogP contribution in [-0.2, 0) is 5.41 Å². The van der Waals surface area contributed by atoms with Gasteiger partial charge in [0.2, 0.25) is 0 Å². The summed E-state index contributed by atoms with van der Waals surface area (Å²) in [5.41, 5.74) is 4.08. The summed E-state index contributed by atoms with van der Waals surface area (Å²) in [5.74, 6) is 0.113. The van der Waals surface area contributed by atoms with Crippen LogP contribution in [0.25, 0.3) is 5.57 Å². The fourth-order valence-electron chi connectivity index (χ4n) is 3.64. The Morgan fingerprint density at radius 3 is 2.39 bits per heavy atom. The van der Waals surface area contributed by atoms with Crippen molar-refractivity contribution in [1.82, 2.24) is 0 Å². The largest absolute Gasteiger partial charge is 0.511 e. The number of benzene rings is 3. The van der Waals surface area contributed by atoms with Gasteiger partial charge < -0.3 is 10.4 Å². The standard InChI is InChI=1S/C25H22FNO/c1-25(19-8-3-2-4-9-19)16-6-11-23(24(25)28)18-7-5-10-22(17-18)27-21-14-12-20(26)13-15-21/h2-15,17,27-28H,16H2,1H3. The van der Waals surface area contributed by atoms with Crippen LogP contribution in [0.5, 0.6) is 0 Å². The zero-order chi connectivity index (χ0) is 19.6. The molecule has 0 heterocycles. The zero-order valence-corrected chi connectivity index (χ0v) is 15.7. The fraction of sp³-hybridized carbons (Fsp3) is 0.120. The summed E-state index contributed by atoms with van der Waals surface area (Å²) < 4.78 is 13.1. The molecule has 28 heavy (non-hydrogen) atoms. The fourth-order valence-corrected chi connectivity index (χ4v) is 3.64. The molecule has 0 bridgehead atoms. The van der Waals surface area contributed by atoms with E-state index in [1.807, 2.05) is 48.5 Å². The second-order valence-electron chi connectivity index (χ2n) is 7.28. The first-order chi connectivity index (χ1) is 13.6. The average Bonchev–Trinajstić information content (AvgIpc) is 2.73. The second-order valence-corrected chi connectivity index (χ2v) is 7.28. The number of nitrogens with one attached hydrogen (secondary N) is 1. The Morgan fingerprint density at radius 1 is 0.893 bits per heavy atom. The van der Waals surface area contributed by atoms with E-state index in [9.17, 15) is 9.50 Å². The van der Waals surface area contributed by atoms with Crippen molar-refractivity contribution in [3.05, 3.63) is 114 Å². The predicted octanol–water partition coefficient (Wildman–Crippen LogP) is 6.76. The highest BCUT2D eigenvalue weighted by Gasteiger charge is 2.34. The van der Waals surface area contributed by atoms with Crippen molar-refractivity contribution in [2.75, 3.05) is 5.32 Å². The highest BCUT2D eigenvalue weighted by Crippen LogP contribution is 2.42. The van der Waals surface area contributed by atoms with Gasteiger partial charge >= 0.3 is 0 Å². The number of hydrogen-bond donors (Lipinski definition) is 2. The van der Waals surface area contributed by atoms with Crippen LogP contribution in [0.3, 0.4) is 0 Å². The number of aliphatic hydroxyl groups excluding tert-OH is 1. The van der Waals surface area contributed by atoms with Crippen LogP contribution in [0.4, 0.5) is 15.8 Å². The number of anilines is 2. The van der Waals surface area contributed by atoms with E-state index < -0.39 is 5.41 Å². The molecule has 1 aliphatic rings. The van der Waals surface area contributed by atoms with E-state index in [1.54, 1.807) is 12.1 Å². The molecule has 1 atom stereocenters. The Balaban J connectivity index is 1.69. The van der Waals surface area contributed by atoms with E-state index in [4.69, 9.17) is 0 Å². The first-order valence-corrected chi connectivity index (χ1v) is 9.35. The van der Waals surface area contributed by atoms with Crippen LogP contribution in [0.2, 0.25) is 0 Å². The van der Waals surface area contributed by atoms with E-state index in [1.165, 1.54) is 12.1 Å². The molecule has 2 nitrogen and oxygen atoms in total. The van der Waals surface area contributed by atoms with Gasteiger partial charge in [-0.25, -0.2) is 4.39 Å². The number of halogens is 1. The molecule has 0 saturated heterocycles. The van der Waals surface area contributed by atoms with Crippen molar-refractivity contribution in [3.8, 4) is 0 Å². The van der Waals surface area contributed by atoms with Crippen molar-refractivity contribution < 1.29 is 9.50 Å². The lowest BCUT2D eigenvalue weighted by atomic mass is 9.73. The molecule has 1 aliphatic carbocycles. The summed E-state index contributed by atoms with van der Waals surface area (Å²) in [4.78, 5) is 0. The third kappa shape index (κ3) is 3.44. The summed E-state index contributed by atoms with van der Waals surface area (Å²) in [6, 6.07) is 24.2. The molecule has 0 fully saturated rings. The topological polar surface area (TPSA) is 32.3 Å². The van der Waals surface area contributed by atoms with Gasteiger partial charge in [-0.2, -0.15) is 0 Å². The van der Waals surface area contributed by atoms with Gasteiger partial charge in [-0.05, 0) is 60.9 Å². The van der Waals surface area contributed by atoms with Crippen LogP contribution in [-0.4, -0.2) is 5.11 Å². The van der Waals surface area contributed by atoms with E-state index in [0.29, 0.717) is 5.76 Å². The first-order valence-electron chi connectivity index (χ1n) is 9.35. The lowest BCUT2D eigenvalue weighted by Gasteiger charge is -2.32. The molecular weight excluding hydrogens is 349 g/mol. The summed E-state index contributed by atoms with van der Waals surface area (Å²) in [7, 11) is 0. The Labute approximate surface area is 164 Å². The minimum Gasteiger partial charge on any atom is -0.511 e. The van der Waals surface area contributed by atoms with Crippen molar-refractivity contribution >= 4 is 16.9 Å². The van der Waals surface area contributed by atoms with E-state index in [0.717, 1.165) is 34.5 Å². The van der Waals surface area contributed by atoms with Gasteiger partial charge in [-0.1, -0.05) is 54.6 Å². The number of rotatable bonds is 4. The molecule has 3 aromatic rings. The number of allylic oxidation sites excluding steroid dienone is 4. The molecule has 4 rings (SSSR count). The Kier molecular flexibility index (Phi) is 4.74. The zero-order valence-electron chi connectivity index (χ0n) is 15.7. The molecule has 0 aliphatic heterocycles. The van der Waals surface area contributed by atoms with E-state index >= 15 is 0 Å². The van der Waals surface area contributed by atoms with Crippen LogP contribution in [0.1, 0.15) is 24.5 Å². The lowest BCUT2D eigenvalue weighted by molar-refractivity contribution is 0.308. The summed E-state index contributed by atoms with van der Waals surface area (Å²) in [6.07, 6.45) is 4.85. The Bertz CT molecular complexity index is 1040. The van der Waals surface area contributed by atoms with Gasteiger partial charge in [0, 0.05) is 16.9 Å². The van der Waals surface area contributed by atoms with Crippen molar-refractivity contribution in [2.45, 2.75) is 18.8 Å². The maximum absolute atomic E-state index is 13.1. The van der Waals surface area contributed by atoms with Gasteiger partial charge in [0.15, 0.2) is 0 Å². The molecule has 0 spiro atoms. The molecule has 0 saturated carbocycles. The molecule has 3 aromatic carbocycles. The molecule has 1 unspecified atom stereocenters. The molecular formula is C25H22FNO. The molecule has 0 amide bonds. The van der Waals surface area contributed by atoms with Crippen LogP contribution >= 0.6 is 0 Å². The summed E-state index contributed by atoms with van der Waals surface area (Å²) in [5, 5.41) is 14.5. The summed E-state index contributed by atoms with van der Waals surface area (Å²) in [6.45, 7) is 2.07. The highest BCUT2D eigenvalue weighted by atomic mass is 19.1. The SMILES string of the molecule is CC1(c2ccccc2)CC=CC(c2cccc(Nc3ccc(F)cc3)c2)=C1O. The van der Waals surface area contributed by atoms with Crippen molar-refractivity contribution in [3.63, 3.8) is 0 Å². The summed E-state index contributed by atoms with van der Waals surface area (Å²) >= 11 is 0. The van der Waals surface area contributed by atoms with Crippen molar-refractivity contribution in [1.29, 1.82) is 0 Å². The third-order valence-corrected chi connectivity index (χ3v) is 5.31. The quantitative estimate of drug-likeness (QED) is 0.531. The number of aliphatic hydroxyl groups is 1. The van der Waals surface area contributed by atoms with Gasteiger partial charge in [0.05, 0.1) is 5.41 Å². The van der Waals surface area contributed by atoms with E-state index in [-0.39, 0.29) is 5.82 Å². The number of hydrogen-bond acceptors (Lipinski definition) is 2. The molecule has 3 heteroatoms. The molecule has 0 aromatic heterocycles. The van der Waals surface area contributed by atoms with Gasteiger partial charge in [-0.3, -0.25) is 0 Å². The normalized spacial score (nSPS) is 18.9. The van der Waals surface area contributed by atoms with Gasteiger partial charge in [-0.15, -0.1) is 0 Å². The first kappa shape index (κ1) is 18.1. The third-order valence-electron chi connectivity index (χ3n) is 5.31. The second kappa shape index (κ2) is 7.35. The Hall–Kier alpha value is -3.33. The van der Waals surface area contributed by atoms with Crippen LogP contribution in [0.15, 0.2) is 96.8 Å². The smallest absolute Gasteiger partial charge is 0.123 e. The molecule has 2 N–H and O–H groups in total. The maximum Gasteiger partial charge on any atom is 0.123 e. The minimum atomic E-state index is -0.453. The Morgan fingerprint density at radius 2 is 1.64 bits per heavy atom. The van der Waals surface area contributed by atoms with Gasteiger partial charge in [0.1, 0.15) is 11.6 Å². The van der Waals surface area contributed by atoms with Crippen LogP contribution < -0.4 is 5.32 Å². The molecule has 0 radical (unpaired) electrons.